The van der Waals surface area contributed by atoms with Crippen molar-refractivity contribution in [2.75, 3.05) is 44.5 Å². The predicted octanol–water partition coefficient (Wildman–Crippen LogP) is 6.04. The van der Waals surface area contributed by atoms with Crippen LogP contribution in [0.3, 0.4) is 0 Å². The zero-order chi connectivity index (χ0) is 29.4. The summed E-state index contributed by atoms with van der Waals surface area (Å²) in [5.74, 6) is 0.937. The van der Waals surface area contributed by atoms with Gasteiger partial charge >= 0.3 is 0 Å². The Morgan fingerprint density at radius 3 is 2.78 bits per heavy atom. The van der Waals surface area contributed by atoms with E-state index in [4.69, 9.17) is 32.7 Å². The van der Waals surface area contributed by atoms with Gasteiger partial charge in [-0.3, -0.25) is 9.78 Å². The smallest absolute Gasteiger partial charge is 0.224 e. The quantitative estimate of drug-likeness (QED) is 0.217. The first-order valence-corrected chi connectivity index (χ1v) is 14.3. The molecule has 1 aliphatic heterocycles. The van der Waals surface area contributed by atoms with E-state index in [0.29, 0.717) is 69.7 Å². The fraction of sp³-hybridized carbons (Fsp3) is 0.367. The molecule has 2 aromatic carbocycles. The molecule has 1 aliphatic rings. The first-order valence-electron chi connectivity index (χ1n) is 13.5. The molecule has 1 aromatic heterocycles. The van der Waals surface area contributed by atoms with Gasteiger partial charge in [-0.25, -0.2) is 0 Å². The molecule has 41 heavy (non-hydrogen) atoms. The molecule has 0 saturated heterocycles. The monoisotopic (exact) mass is 596 g/mol. The highest BCUT2D eigenvalue weighted by Gasteiger charge is 2.18. The number of alkyl halides is 1. The number of amides is 1. The van der Waals surface area contributed by atoms with Crippen molar-refractivity contribution in [1.29, 1.82) is 5.26 Å². The van der Waals surface area contributed by atoms with Crippen LogP contribution in [0, 0.1) is 11.3 Å². The molecule has 0 radical (unpaired) electrons. The van der Waals surface area contributed by atoms with Crippen LogP contribution >= 0.6 is 23.2 Å². The van der Waals surface area contributed by atoms with E-state index in [1.54, 1.807) is 24.3 Å². The topological polar surface area (TPSA) is 112 Å². The maximum Gasteiger partial charge on any atom is 0.224 e. The second-order valence-electron chi connectivity index (χ2n) is 9.97. The van der Waals surface area contributed by atoms with Gasteiger partial charge in [0.15, 0.2) is 0 Å². The lowest BCUT2D eigenvalue weighted by molar-refractivity contribution is -0.116. The van der Waals surface area contributed by atoms with Crippen molar-refractivity contribution in [3.63, 3.8) is 0 Å². The van der Waals surface area contributed by atoms with Crippen molar-refractivity contribution in [1.82, 2.24) is 15.2 Å². The number of pyridine rings is 1. The Labute approximate surface area is 250 Å². The summed E-state index contributed by atoms with van der Waals surface area (Å²) in [6, 6.07) is 11.2. The summed E-state index contributed by atoms with van der Waals surface area (Å²) in [5, 5.41) is 20.4. The van der Waals surface area contributed by atoms with E-state index in [2.05, 4.69) is 27.0 Å². The van der Waals surface area contributed by atoms with Crippen LogP contribution in [-0.2, 0) is 4.79 Å². The number of benzene rings is 2. The van der Waals surface area contributed by atoms with E-state index in [-0.39, 0.29) is 17.3 Å². The van der Waals surface area contributed by atoms with Crippen LogP contribution in [0.1, 0.15) is 31.7 Å². The summed E-state index contributed by atoms with van der Waals surface area (Å²) in [6.07, 6.45) is 7.11. The van der Waals surface area contributed by atoms with Crippen molar-refractivity contribution >= 4 is 57.1 Å². The first-order chi connectivity index (χ1) is 19.8. The van der Waals surface area contributed by atoms with Crippen LogP contribution in [0.15, 0.2) is 48.8 Å². The summed E-state index contributed by atoms with van der Waals surface area (Å²) in [4.78, 5) is 19.2. The molecule has 0 bridgehead atoms. The van der Waals surface area contributed by atoms with E-state index in [9.17, 15) is 10.1 Å². The SMILES string of the molecule is CCOc1cc2ncc(C#N)c(Nc3ccc(OCC4CC(Cl)C=CN4)c(Cl)c3)c2cc1NC(=O)CCCN(C)C. The van der Waals surface area contributed by atoms with Gasteiger partial charge in [-0.05, 0) is 70.9 Å². The zero-order valence-corrected chi connectivity index (χ0v) is 24.9. The van der Waals surface area contributed by atoms with Crippen LogP contribution in [0.25, 0.3) is 10.9 Å². The number of nitrogens with one attached hydrogen (secondary N) is 3. The molecule has 3 aromatic rings. The number of hydrogen-bond donors (Lipinski definition) is 3. The Morgan fingerprint density at radius 2 is 2.07 bits per heavy atom. The molecule has 0 aliphatic carbocycles. The molecule has 4 rings (SSSR count). The number of fused-ring (bicyclic) bond motifs is 1. The van der Waals surface area contributed by atoms with Crippen LogP contribution in [0.4, 0.5) is 17.1 Å². The highest BCUT2D eigenvalue weighted by atomic mass is 35.5. The number of rotatable bonds is 12. The molecule has 1 amide bonds. The van der Waals surface area contributed by atoms with Crippen molar-refractivity contribution in [3.05, 3.63) is 59.4 Å². The molecule has 0 fully saturated rings. The molecule has 2 atom stereocenters. The highest BCUT2D eigenvalue weighted by molar-refractivity contribution is 6.32. The van der Waals surface area contributed by atoms with E-state index in [1.807, 2.05) is 44.3 Å². The highest BCUT2D eigenvalue weighted by Crippen LogP contribution is 2.37. The number of halogens is 2. The third kappa shape index (κ3) is 8.17. The lowest BCUT2D eigenvalue weighted by Crippen LogP contribution is -2.36. The van der Waals surface area contributed by atoms with E-state index < -0.39 is 0 Å². The van der Waals surface area contributed by atoms with Crippen LogP contribution in [0.5, 0.6) is 11.5 Å². The van der Waals surface area contributed by atoms with E-state index in [0.717, 1.165) is 19.4 Å². The predicted molar refractivity (Wildman–Crippen MR) is 165 cm³/mol. The largest absolute Gasteiger partial charge is 0.492 e. The number of carbonyl (C=O) groups excluding carboxylic acids is 1. The Kier molecular flexibility index (Phi) is 10.5. The normalized spacial score (nSPS) is 16.2. The first kappa shape index (κ1) is 30.3. The minimum absolute atomic E-state index is 0.0297. The fourth-order valence-electron chi connectivity index (χ4n) is 4.44. The summed E-state index contributed by atoms with van der Waals surface area (Å²) in [7, 11) is 3.94. The molecule has 11 heteroatoms. The molecular weight excluding hydrogens is 563 g/mol. The van der Waals surface area contributed by atoms with Gasteiger partial charge in [0.05, 0.1) is 45.5 Å². The Morgan fingerprint density at radius 1 is 1.24 bits per heavy atom. The number of aromatic nitrogens is 1. The van der Waals surface area contributed by atoms with Gasteiger partial charge in [-0.15, -0.1) is 11.6 Å². The van der Waals surface area contributed by atoms with Gasteiger partial charge in [-0.1, -0.05) is 17.7 Å². The van der Waals surface area contributed by atoms with Gasteiger partial charge in [0.2, 0.25) is 5.91 Å². The molecule has 0 spiro atoms. The molecular formula is C30H34Cl2N6O3. The molecule has 0 saturated carbocycles. The van der Waals surface area contributed by atoms with Crippen molar-refractivity contribution < 1.29 is 14.3 Å². The number of anilines is 3. The van der Waals surface area contributed by atoms with Gasteiger partial charge < -0.3 is 30.3 Å². The molecule has 2 heterocycles. The van der Waals surface area contributed by atoms with Gasteiger partial charge in [0.25, 0.3) is 0 Å². The zero-order valence-electron chi connectivity index (χ0n) is 23.3. The Balaban J connectivity index is 1.58. The third-order valence-electron chi connectivity index (χ3n) is 6.46. The molecule has 2 unspecified atom stereocenters. The maximum atomic E-state index is 12.7. The molecule has 3 N–H and O–H groups in total. The minimum Gasteiger partial charge on any atom is -0.492 e. The van der Waals surface area contributed by atoms with Crippen LogP contribution in [0.2, 0.25) is 5.02 Å². The number of ether oxygens (including phenoxy) is 2. The summed E-state index contributed by atoms with van der Waals surface area (Å²) in [5.41, 5.74) is 2.67. The number of hydrogen-bond acceptors (Lipinski definition) is 8. The maximum absolute atomic E-state index is 12.7. The summed E-state index contributed by atoms with van der Waals surface area (Å²) < 4.78 is 11.8. The second kappa shape index (κ2) is 14.3. The van der Waals surface area contributed by atoms with Gasteiger partial charge in [-0.2, -0.15) is 5.26 Å². The minimum atomic E-state index is -0.116. The van der Waals surface area contributed by atoms with Crippen molar-refractivity contribution in [2.45, 2.75) is 37.6 Å². The second-order valence-corrected chi connectivity index (χ2v) is 10.9. The Bertz CT molecular complexity index is 1460. The van der Waals surface area contributed by atoms with Gasteiger partial charge in [0, 0.05) is 29.8 Å². The van der Waals surface area contributed by atoms with Crippen LogP contribution in [-0.4, -0.2) is 61.1 Å². The molecule has 216 valence electrons. The number of nitrogens with zero attached hydrogens (tertiary/aromatic N) is 3. The summed E-state index contributed by atoms with van der Waals surface area (Å²) >= 11 is 12.8. The average Bonchev–Trinajstić information content (AvgIpc) is 2.93. The number of nitriles is 1. The molecule has 9 nitrogen and oxygen atoms in total. The third-order valence-corrected chi connectivity index (χ3v) is 7.08. The number of allylic oxidation sites excluding steroid dienone is 1. The lowest BCUT2D eigenvalue weighted by atomic mass is 10.1. The van der Waals surface area contributed by atoms with Crippen LogP contribution < -0.4 is 25.4 Å². The van der Waals surface area contributed by atoms with Crippen molar-refractivity contribution in [3.8, 4) is 17.6 Å². The average molecular weight is 598 g/mol. The van der Waals surface area contributed by atoms with Gasteiger partial charge in [0.1, 0.15) is 24.2 Å². The summed E-state index contributed by atoms with van der Waals surface area (Å²) in [6.45, 7) is 3.52. The fourth-order valence-corrected chi connectivity index (χ4v) is 4.96. The standard InChI is InChI=1S/C30H34Cl2N6O3/c1-4-40-28-15-25-23(14-26(28)37-29(39)6-5-11-38(2)3)30(19(16-33)17-35-25)36-21-7-8-27(24(32)13-21)41-18-22-12-20(31)9-10-34-22/h7-10,13-15,17,20,22,34H,4-6,11-12,18H2,1-3H3,(H,35,36)(H,37,39). The van der Waals surface area contributed by atoms with E-state index in [1.165, 1.54) is 6.20 Å². The lowest BCUT2D eigenvalue weighted by Gasteiger charge is -2.23. The number of carbonyl (C=O) groups is 1. The van der Waals surface area contributed by atoms with E-state index >= 15 is 0 Å². The van der Waals surface area contributed by atoms with Crippen molar-refractivity contribution in [2.24, 2.45) is 0 Å². The Hall–Kier alpha value is -3.71.